The molecule has 0 bridgehead atoms. The first kappa shape index (κ1) is 22.5. The molecule has 35 heavy (non-hydrogen) atoms. The number of aryl methyl sites for hydroxylation is 3. The molecular weight excluding hydrogens is 436 g/mol. The van der Waals surface area contributed by atoms with Crippen LogP contribution in [0.15, 0.2) is 77.7 Å². The third-order valence-electron chi connectivity index (χ3n) is 6.37. The van der Waals surface area contributed by atoms with Crippen LogP contribution in [0.3, 0.4) is 0 Å². The van der Waals surface area contributed by atoms with Crippen LogP contribution < -0.4 is 5.69 Å². The smallest absolute Gasteiger partial charge is 0.292 e. The van der Waals surface area contributed by atoms with Gasteiger partial charge in [-0.15, -0.1) is 10.2 Å². The Bertz CT molecular complexity index is 1490. The second-order valence-electron chi connectivity index (χ2n) is 8.83. The summed E-state index contributed by atoms with van der Waals surface area (Å²) in [6.07, 6.45) is 3.84. The maximum absolute atomic E-state index is 13.5. The Morgan fingerprint density at radius 2 is 1.60 bits per heavy atom. The van der Waals surface area contributed by atoms with Gasteiger partial charge in [0.1, 0.15) is 0 Å². The van der Waals surface area contributed by atoms with E-state index in [4.69, 9.17) is 0 Å². The quantitative estimate of drug-likeness (QED) is 0.363. The van der Waals surface area contributed by atoms with Crippen molar-refractivity contribution < 1.29 is 0 Å². The minimum atomic E-state index is -0.00243. The minimum absolute atomic E-state index is 0.00243. The van der Waals surface area contributed by atoms with Gasteiger partial charge in [0, 0.05) is 17.5 Å². The molecule has 2 aromatic heterocycles. The third-order valence-corrected chi connectivity index (χ3v) is 6.37. The van der Waals surface area contributed by atoms with Crippen LogP contribution in [0.5, 0.6) is 0 Å². The monoisotopic (exact) mass is 464 g/mol. The molecule has 5 aromatic rings. The molecule has 0 amide bonds. The van der Waals surface area contributed by atoms with Crippen molar-refractivity contribution in [2.24, 2.45) is 0 Å². The molecule has 3 aromatic carbocycles. The van der Waals surface area contributed by atoms with E-state index in [1.54, 1.807) is 0 Å². The van der Waals surface area contributed by atoms with Crippen LogP contribution in [0.25, 0.3) is 28.2 Å². The van der Waals surface area contributed by atoms with Crippen LogP contribution >= 0.6 is 0 Å². The van der Waals surface area contributed by atoms with Gasteiger partial charge in [-0.2, -0.15) is 5.21 Å². The number of nitrogens with zero attached hydrogens (tertiary/aromatic N) is 5. The van der Waals surface area contributed by atoms with Crippen molar-refractivity contribution in [3.05, 3.63) is 106 Å². The standard InChI is InChI=1S/C28H28N6O/c1-4-8-23-18-34(26-19(2)9-7-10-20(26)3)28(35)33(23)17-21-13-15-22(16-14-21)24-11-5-6-12-25(24)27-29-31-32-30-27/h5-7,9-16,18H,4,8,17H2,1-3H3,(H,29,30,31,32). The van der Waals surface area contributed by atoms with Gasteiger partial charge in [-0.25, -0.2) is 4.79 Å². The molecule has 0 aliphatic heterocycles. The highest BCUT2D eigenvalue weighted by atomic mass is 16.1. The van der Waals surface area contributed by atoms with Crippen LogP contribution in [0.2, 0.25) is 0 Å². The molecule has 0 radical (unpaired) electrons. The molecule has 0 aliphatic carbocycles. The number of tetrazole rings is 1. The van der Waals surface area contributed by atoms with E-state index in [1.807, 2.05) is 39.6 Å². The fourth-order valence-electron chi connectivity index (χ4n) is 4.68. The van der Waals surface area contributed by atoms with E-state index in [9.17, 15) is 4.79 Å². The number of aromatic amines is 1. The first-order valence-electron chi connectivity index (χ1n) is 11.9. The zero-order chi connectivity index (χ0) is 24.4. The Balaban J connectivity index is 1.49. The number of hydrogen-bond donors (Lipinski definition) is 1. The van der Waals surface area contributed by atoms with E-state index in [2.05, 4.69) is 83.9 Å². The lowest BCUT2D eigenvalue weighted by molar-refractivity contribution is 0.691. The van der Waals surface area contributed by atoms with Gasteiger partial charge in [0.15, 0.2) is 0 Å². The number of imidazole rings is 1. The van der Waals surface area contributed by atoms with E-state index in [0.717, 1.165) is 57.6 Å². The summed E-state index contributed by atoms with van der Waals surface area (Å²) < 4.78 is 3.71. The number of aromatic nitrogens is 6. The average molecular weight is 465 g/mol. The fraction of sp³-hybridized carbons (Fsp3) is 0.214. The van der Waals surface area contributed by atoms with E-state index in [0.29, 0.717) is 12.4 Å². The number of nitrogens with one attached hydrogen (secondary N) is 1. The Kier molecular flexibility index (Phi) is 6.14. The van der Waals surface area contributed by atoms with Gasteiger partial charge >= 0.3 is 5.69 Å². The summed E-state index contributed by atoms with van der Waals surface area (Å²) in [6.45, 7) is 6.77. The number of rotatable bonds is 7. The van der Waals surface area contributed by atoms with Crippen LogP contribution in [0, 0.1) is 13.8 Å². The molecule has 0 spiro atoms. The van der Waals surface area contributed by atoms with Crippen LogP contribution in [0.4, 0.5) is 0 Å². The zero-order valence-electron chi connectivity index (χ0n) is 20.2. The first-order chi connectivity index (χ1) is 17.1. The van der Waals surface area contributed by atoms with Crippen molar-refractivity contribution in [1.82, 2.24) is 29.8 Å². The SMILES string of the molecule is CCCc1cn(-c2c(C)cccc2C)c(=O)n1Cc1ccc(-c2ccccc2-c2nn[nH]n2)cc1. The molecule has 0 aliphatic rings. The Hall–Kier alpha value is -4.26. The summed E-state index contributed by atoms with van der Waals surface area (Å²) >= 11 is 0. The molecule has 1 N–H and O–H groups in total. The zero-order valence-corrected chi connectivity index (χ0v) is 20.2. The second kappa shape index (κ2) is 9.54. The summed E-state index contributed by atoms with van der Waals surface area (Å²) in [5.74, 6) is 0.563. The van der Waals surface area contributed by atoms with Gasteiger partial charge < -0.3 is 0 Å². The van der Waals surface area contributed by atoms with Gasteiger partial charge in [0.2, 0.25) is 5.82 Å². The maximum Gasteiger partial charge on any atom is 0.333 e. The highest BCUT2D eigenvalue weighted by Crippen LogP contribution is 2.30. The van der Waals surface area contributed by atoms with Gasteiger partial charge in [0.25, 0.3) is 0 Å². The lowest BCUT2D eigenvalue weighted by Gasteiger charge is -2.10. The average Bonchev–Trinajstić information content (AvgIpc) is 3.50. The van der Waals surface area contributed by atoms with Crippen molar-refractivity contribution in [3.8, 4) is 28.2 Å². The summed E-state index contributed by atoms with van der Waals surface area (Å²) in [5, 5.41) is 14.5. The van der Waals surface area contributed by atoms with E-state index in [-0.39, 0.29) is 5.69 Å². The topological polar surface area (TPSA) is 81.4 Å². The van der Waals surface area contributed by atoms with Gasteiger partial charge in [-0.05, 0) is 53.3 Å². The lowest BCUT2D eigenvalue weighted by Crippen LogP contribution is -2.25. The van der Waals surface area contributed by atoms with Crippen molar-refractivity contribution in [2.75, 3.05) is 0 Å². The van der Waals surface area contributed by atoms with Crippen LogP contribution in [-0.2, 0) is 13.0 Å². The normalized spacial score (nSPS) is 11.2. The van der Waals surface area contributed by atoms with Crippen molar-refractivity contribution in [2.45, 2.75) is 40.2 Å². The lowest BCUT2D eigenvalue weighted by atomic mass is 9.98. The Morgan fingerprint density at radius 3 is 2.26 bits per heavy atom. The molecule has 0 fully saturated rings. The third kappa shape index (κ3) is 4.33. The summed E-state index contributed by atoms with van der Waals surface area (Å²) in [6, 6.07) is 22.5. The second-order valence-corrected chi connectivity index (χ2v) is 8.83. The predicted octanol–water partition coefficient (Wildman–Crippen LogP) is 5.10. The number of benzene rings is 3. The van der Waals surface area contributed by atoms with E-state index in [1.165, 1.54) is 0 Å². The minimum Gasteiger partial charge on any atom is -0.292 e. The fourth-order valence-corrected chi connectivity index (χ4v) is 4.68. The van der Waals surface area contributed by atoms with Crippen LogP contribution in [-0.4, -0.2) is 29.8 Å². The molecule has 0 unspecified atom stereocenters. The van der Waals surface area contributed by atoms with Crippen molar-refractivity contribution in [3.63, 3.8) is 0 Å². The molecule has 176 valence electrons. The Labute approximate surface area is 204 Å². The van der Waals surface area contributed by atoms with Crippen molar-refractivity contribution >= 4 is 0 Å². The molecule has 5 rings (SSSR count). The van der Waals surface area contributed by atoms with Crippen LogP contribution in [0.1, 0.15) is 35.7 Å². The van der Waals surface area contributed by atoms with Crippen molar-refractivity contribution in [1.29, 1.82) is 0 Å². The van der Waals surface area contributed by atoms with E-state index < -0.39 is 0 Å². The molecule has 0 atom stereocenters. The predicted molar refractivity (Wildman–Crippen MR) is 138 cm³/mol. The Morgan fingerprint density at radius 1 is 0.886 bits per heavy atom. The van der Waals surface area contributed by atoms with E-state index >= 15 is 0 Å². The molecule has 0 saturated heterocycles. The molecule has 7 nitrogen and oxygen atoms in total. The largest absolute Gasteiger partial charge is 0.333 e. The highest BCUT2D eigenvalue weighted by Gasteiger charge is 2.16. The number of H-pyrrole nitrogens is 1. The first-order valence-corrected chi connectivity index (χ1v) is 11.9. The molecular formula is C28H28N6O. The summed E-state index contributed by atoms with van der Waals surface area (Å²) in [7, 11) is 0. The van der Waals surface area contributed by atoms with Gasteiger partial charge in [-0.1, -0.05) is 80.1 Å². The number of para-hydroxylation sites is 1. The maximum atomic E-state index is 13.5. The highest BCUT2D eigenvalue weighted by molar-refractivity contribution is 5.80. The molecule has 0 saturated carbocycles. The molecule has 2 heterocycles. The summed E-state index contributed by atoms with van der Waals surface area (Å²) in [4.78, 5) is 13.5. The molecule has 7 heteroatoms. The van der Waals surface area contributed by atoms with Gasteiger partial charge in [-0.3, -0.25) is 9.13 Å². The van der Waals surface area contributed by atoms with Gasteiger partial charge in [0.05, 0.1) is 12.2 Å². The number of hydrogen-bond acceptors (Lipinski definition) is 4. The summed E-state index contributed by atoms with van der Waals surface area (Å²) in [5.41, 5.74) is 8.29.